The maximum atomic E-state index is 13.5. The van der Waals surface area contributed by atoms with Crippen molar-refractivity contribution in [1.82, 2.24) is 19.9 Å². The summed E-state index contributed by atoms with van der Waals surface area (Å²) in [5.74, 6) is 0.895. The van der Waals surface area contributed by atoms with Crippen LogP contribution in [0.2, 0.25) is 0 Å². The first-order valence-corrected chi connectivity index (χ1v) is 10.1. The summed E-state index contributed by atoms with van der Waals surface area (Å²) >= 11 is 1.81. The van der Waals surface area contributed by atoms with Crippen LogP contribution in [0.3, 0.4) is 0 Å². The van der Waals surface area contributed by atoms with Gasteiger partial charge in [0.15, 0.2) is 0 Å². The first-order valence-electron chi connectivity index (χ1n) is 9.19. The zero-order valence-electron chi connectivity index (χ0n) is 15.6. The monoisotopic (exact) mass is 386 g/mol. The molecule has 1 fully saturated rings. The van der Waals surface area contributed by atoms with E-state index in [1.54, 1.807) is 19.1 Å². The quantitative estimate of drug-likeness (QED) is 0.660. The van der Waals surface area contributed by atoms with Gasteiger partial charge < -0.3 is 4.52 Å². The summed E-state index contributed by atoms with van der Waals surface area (Å²) in [5.41, 5.74) is 1.35. The second-order valence-corrected chi connectivity index (χ2v) is 8.02. The molecule has 5 nitrogen and oxygen atoms in total. The zero-order chi connectivity index (χ0) is 18.8. The van der Waals surface area contributed by atoms with E-state index >= 15 is 0 Å². The first kappa shape index (κ1) is 18.3. The average molecular weight is 386 g/mol. The van der Waals surface area contributed by atoms with Crippen LogP contribution in [0.1, 0.15) is 29.3 Å². The molecule has 0 aliphatic carbocycles. The lowest BCUT2D eigenvalue weighted by molar-refractivity contribution is 0.0851. The molecule has 1 atom stereocenters. The lowest BCUT2D eigenvalue weighted by Gasteiger charge is -2.36. The number of benzene rings is 1. The summed E-state index contributed by atoms with van der Waals surface area (Å²) in [6.07, 6.45) is 0. The lowest BCUT2D eigenvalue weighted by Crippen LogP contribution is -2.46. The van der Waals surface area contributed by atoms with Gasteiger partial charge >= 0.3 is 0 Å². The molecule has 7 heteroatoms. The van der Waals surface area contributed by atoms with Gasteiger partial charge in [0, 0.05) is 43.2 Å². The van der Waals surface area contributed by atoms with Gasteiger partial charge in [-0.05, 0) is 49.1 Å². The van der Waals surface area contributed by atoms with Crippen molar-refractivity contribution in [1.29, 1.82) is 0 Å². The van der Waals surface area contributed by atoms with Gasteiger partial charge in [0.25, 0.3) is 0 Å². The largest absolute Gasteiger partial charge is 0.337 e. The van der Waals surface area contributed by atoms with Crippen molar-refractivity contribution in [3.63, 3.8) is 0 Å². The van der Waals surface area contributed by atoms with Crippen LogP contribution in [0.15, 0.2) is 40.2 Å². The molecule has 4 rings (SSSR count). The second-order valence-electron chi connectivity index (χ2n) is 6.99. The van der Waals surface area contributed by atoms with E-state index in [9.17, 15) is 4.39 Å². The molecule has 0 spiro atoms. The van der Waals surface area contributed by atoms with Gasteiger partial charge in [-0.15, -0.1) is 11.3 Å². The topological polar surface area (TPSA) is 45.4 Å². The Hall–Kier alpha value is -2.09. The maximum absolute atomic E-state index is 13.5. The molecule has 0 bridgehead atoms. The lowest BCUT2D eigenvalue weighted by atomic mass is 10.1. The third-order valence-corrected chi connectivity index (χ3v) is 5.99. The molecule has 1 saturated heterocycles. The van der Waals surface area contributed by atoms with Crippen LogP contribution in [0.5, 0.6) is 0 Å². The van der Waals surface area contributed by atoms with Crippen molar-refractivity contribution in [2.45, 2.75) is 26.4 Å². The third-order valence-electron chi connectivity index (χ3n) is 5.13. The van der Waals surface area contributed by atoms with Gasteiger partial charge in [-0.25, -0.2) is 4.39 Å². The minimum absolute atomic E-state index is 0.0664. The van der Waals surface area contributed by atoms with Crippen molar-refractivity contribution in [2.24, 2.45) is 0 Å². The number of thiophene rings is 1. The van der Waals surface area contributed by atoms with Crippen molar-refractivity contribution in [3.8, 4) is 11.4 Å². The van der Waals surface area contributed by atoms with Crippen molar-refractivity contribution in [3.05, 3.63) is 57.9 Å². The van der Waals surface area contributed by atoms with E-state index < -0.39 is 0 Å². The Morgan fingerprint density at radius 1 is 1.22 bits per heavy atom. The molecule has 1 aliphatic heterocycles. The first-order chi connectivity index (χ1) is 13.1. The van der Waals surface area contributed by atoms with Crippen LogP contribution < -0.4 is 0 Å². The fourth-order valence-corrected chi connectivity index (χ4v) is 4.14. The molecule has 1 aliphatic rings. The number of halogens is 1. The molecule has 27 heavy (non-hydrogen) atoms. The van der Waals surface area contributed by atoms with Gasteiger partial charge in [-0.2, -0.15) is 4.98 Å². The highest BCUT2D eigenvalue weighted by Crippen LogP contribution is 2.25. The highest BCUT2D eigenvalue weighted by Gasteiger charge is 2.26. The molecule has 0 N–H and O–H groups in total. The van der Waals surface area contributed by atoms with Gasteiger partial charge in [0.2, 0.25) is 11.7 Å². The SMILES string of the molecule is Cc1cc(-c2noc(C(C)N3CCN(Cc4cccs4)CC3)n2)ccc1F. The van der Waals surface area contributed by atoms with E-state index in [1.165, 1.54) is 10.9 Å². The summed E-state index contributed by atoms with van der Waals surface area (Å²) < 4.78 is 19.0. The summed E-state index contributed by atoms with van der Waals surface area (Å²) in [7, 11) is 0. The normalized spacial score (nSPS) is 17.3. The predicted octanol–water partition coefficient (Wildman–Crippen LogP) is 4.12. The maximum Gasteiger partial charge on any atom is 0.244 e. The van der Waals surface area contributed by atoms with Gasteiger partial charge in [-0.3, -0.25) is 9.80 Å². The van der Waals surface area contributed by atoms with Crippen LogP contribution in [0, 0.1) is 12.7 Å². The van der Waals surface area contributed by atoms with E-state index in [1.807, 2.05) is 11.3 Å². The van der Waals surface area contributed by atoms with E-state index in [2.05, 4.69) is 44.4 Å². The smallest absolute Gasteiger partial charge is 0.244 e. The Labute approximate surface area is 162 Å². The molecule has 142 valence electrons. The van der Waals surface area contributed by atoms with Crippen LogP contribution in [0.25, 0.3) is 11.4 Å². The van der Waals surface area contributed by atoms with Gasteiger partial charge in [0.1, 0.15) is 5.82 Å². The number of nitrogens with zero attached hydrogens (tertiary/aromatic N) is 4. The van der Waals surface area contributed by atoms with E-state index in [-0.39, 0.29) is 11.9 Å². The Kier molecular flexibility index (Phi) is 5.33. The fraction of sp³-hybridized carbons (Fsp3) is 0.400. The summed E-state index contributed by atoms with van der Waals surface area (Å²) in [6.45, 7) is 8.86. The van der Waals surface area contributed by atoms with Gasteiger partial charge in [-0.1, -0.05) is 11.2 Å². The molecular weight excluding hydrogens is 363 g/mol. The number of rotatable bonds is 5. The number of aromatic nitrogens is 2. The number of aryl methyl sites for hydroxylation is 1. The second kappa shape index (κ2) is 7.88. The standard InChI is InChI=1S/C20H23FN4OS/c1-14-12-16(5-6-18(14)21)19-22-20(26-23-19)15(2)25-9-7-24(8-10-25)13-17-4-3-11-27-17/h3-6,11-12,15H,7-10,13H2,1-2H3. The van der Waals surface area contributed by atoms with Gasteiger partial charge in [0.05, 0.1) is 6.04 Å². The van der Waals surface area contributed by atoms with E-state index in [0.29, 0.717) is 17.3 Å². The zero-order valence-corrected chi connectivity index (χ0v) is 16.4. The number of piperazine rings is 1. The number of hydrogen-bond acceptors (Lipinski definition) is 6. The van der Waals surface area contributed by atoms with E-state index in [0.717, 1.165) is 38.3 Å². The molecule has 1 unspecified atom stereocenters. The summed E-state index contributed by atoms with van der Waals surface area (Å²) in [6, 6.07) is 9.24. The number of hydrogen-bond donors (Lipinski definition) is 0. The third kappa shape index (κ3) is 4.10. The molecule has 0 amide bonds. The Balaban J connectivity index is 1.38. The molecule has 0 radical (unpaired) electrons. The molecule has 0 saturated carbocycles. The highest BCUT2D eigenvalue weighted by atomic mass is 32.1. The van der Waals surface area contributed by atoms with Crippen LogP contribution in [-0.4, -0.2) is 46.1 Å². The minimum Gasteiger partial charge on any atom is -0.337 e. The molecular formula is C20H23FN4OS. The summed E-state index contributed by atoms with van der Waals surface area (Å²) in [4.78, 5) is 10.8. The fourth-order valence-electron chi connectivity index (χ4n) is 3.39. The summed E-state index contributed by atoms with van der Waals surface area (Å²) in [5, 5.41) is 6.22. The Morgan fingerprint density at radius 2 is 2.04 bits per heavy atom. The molecule has 3 aromatic rings. The molecule has 3 heterocycles. The highest BCUT2D eigenvalue weighted by molar-refractivity contribution is 7.09. The van der Waals surface area contributed by atoms with Crippen molar-refractivity contribution in [2.75, 3.05) is 26.2 Å². The van der Waals surface area contributed by atoms with Crippen LogP contribution in [0.4, 0.5) is 4.39 Å². The molecule has 2 aromatic heterocycles. The molecule has 1 aromatic carbocycles. The van der Waals surface area contributed by atoms with Crippen molar-refractivity contribution < 1.29 is 8.91 Å². The minimum atomic E-state index is -0.226. The predicted molar refractivity (Wildman–Crippen MR) is 104 cm³/mol. The average Bonchev–Trinajstić information content (AvgIpc) is 3.36. The van der Waals surface area contributed by atoms with E-state index in [4.69, 9.17) is 4.52 Å². The Morgan fingerprint density at radius 3 is 2.74 bits per heavy atom. The Bertz CT molecular complexity index is 887. The van der Waals surface area contributed by atoms with Crippen LogP contribution in [-0.2, 0) is 6.54 Å². The van der Waals surface area contributed by atoms with Crippen LogP contribution >= 0.6 is 11.3 Å². The van der Waals surface area contributed by atoms with Crippen molar-refractivity contribution >= 4 is 11.3 Å².